The molecule has 1 unspecified atom stereocenters. The monoisotopic (exact) mass is 519 g/mol. The summed E-state index contributed by atoms with van der Waals surface area (Å²) in [5.74, 6) is -0.672. The molecular weight excluding hydrogens is 481 g/mol. The number of hydrogen-bond donors (Lipinski definition) is 1. The van der Waals surface area contributed by atoms with Crippen LogP contribution in [0.25, 0.3) is 0 Å². The van der Waals surface area contributed by atoms with Crippen LogP contribution in [-0.4, -0.2) is 50.5 Å². The van der Waals surface area contributed by atoms with Crippen LogP contribution in [0.5, 0.6) is 0 Å². The normalized spacial score (nSPS) is 12.3. The molecule has 2 rings (SSSR count). The Morgan fingerprint density at radius 3 is 2.11 bits per heavy atom. The second-order valence-electron chi connectivity index (χ2n) is 9.75. The maximum Gasteiger partial charge on any atom is 0.242 e. The van der Waals surface area contributed by atoms with Crippen LogP contribution in [0.3, 0.4) is 0 Å². The van der Waals surface area contributed by atoms with Gasteiger partial charge in [-0.3, -0.25) is 13.9 Å². The van der Waals surface area contributed by atoms with Crippen LogP contribution < -0.4 is 9.62 Å². The molecule has 36 heavy (non-hydrogen) atoms. The third kappa shape index (κ3) is 8.93. The second kappa shape index (κ2) is 12.9. The van der Waals surface area contributed by atoms with Gasteiger partial charge < -0.3 is 10.2 Å². The lowest BCUT2D eigenvalue weighted by Gasteiger charge is -2.29. The Labute approximate surface area is 214 Å². The number of benzene rings is 2. The third-order valence-corrected chi connectivity index (χ3v) is 6.96. The molecule has 2 aromatic carbocycles. The molecular formula is C27H38FN3O4S. The third-order valence-electron chi connectivity index (χ3n) is 5.76. The maximum absolute atomic E-state index is 13.4. The summed E-state index contributed by atoms with van der Waals surface area (Å²) in [7, 11) is -3.56. The smallest absolute Gasteiger partial charge is 0.242 e. The number of halogens is 1. The van der Waals surface area contributed by atoms with Crippen molar-refractivity contribution in [3.63, 3.8) is 0 Å². The number of nitrogens with zero attached hydrogens (tertiary/aromatic N) is 2. The molecule has 0 heterocycles. The molecule has 0 fully saturated rings. The molecule has 7 nitrogen and oxygen atoms in total. The molecule has 198 valence electrons. The summed E-state index contributed by atoms with van der Waals surface area (Å²) in [5, 5.41) is 2.86. The van der Waals surface area contributed by atoms with Gasteiger partial charge in [0.05, 0.1) is 11.9 Å². The van der Waals surface area contributed by atoms with E-state index >= 15 is 0 Å². The van der Waals surface area contributed by atoms with Crippen LogP contribution in [0.4, 0.5) is 10.1 Å². The lowest BCUT2D eigenvalue weighted by Crippen LogP contribution is -2.48. The highest BCUT2D eigenvalue weighted by Gasteiger charge is 2.26. The van der Waals surface area contributed by atoms with Gasteiger partial charge in [-0.15, -0.1) is 0 Å². The number of hydrogen-bond acceptors (Lipinski definition) is 4. The van der Waals surface area contributed by atoms with E-state index in [0.29, 0.717) is 17.8 Å². The quantitative estimate of drug-likeness (QED) is 0.456. The average molecular weight is 520 g/mol. The van der Waals surface area contributed by atoms with E-state index in [1.807, 2.05) is 33.8 Å². The molecule has 0 aliphatic heterocycles. The highest BCUT2D eigenvalue weighted by atomic mass is 32.2. The first-order valence-corrected chi connectivity index (χ1v) is 14.0. The molecule has 0 radical (unpaired) electrons. The van der Waals surface area contributed by atoms with Gasteiger partial charge in [0.25, 0.3) is 0 Å². The second-order valence-corrected chi connectivity index (χ2v) is 11.7. The molecule has 2 aromatic rings. The average Bonchev–Trinajstić information content (AvgIpc) is 2.77. The first-order chi connectivity index (χ1) is 16.8. The fourth-order valence-electron chi connectivity index (χ4n) is 3.92. The van der Waals surface area contributed by atoms with Gasteiger partial charge in [0.2, 0.25) is 21.8 Å². The molecule has 2 amide bonds. The zero-order valence-electron chi connectivity index (χ0n) is 22.0. The van der Waals surface area contributed by atoms with Gasteiger partial charge in [-0.2, -0.15) is 0 Å². The summed E-state index contributed by atoms with van der Waals surface area (Å²) < 4.78 is 39.7. The Kier molecular flexibility index (Phi) is 10.5. The van der Waals surface area contributed by atoms with E-state index in [-0.39, 0.29) is 49.5 Å². The Morgan fingerprint density at radius 2 is 1.58 bits per heavy atom. The van der Waals surface area contributed by atoms with Crippen molar-refractivity contribution in [2.45, 2.75) is 60.0 Å². The predicted molar refractivity (Wildman–Crippen MR) is 142 cm³/mol. The number of anilines is 1. The number of aryl methyl sites for hydroxylation is 2. The fraction of sp³-hybridized carbons (Fsp3) is 0.481. The van der Waals surface area contributed by atoms with Crippen molar-refractivity contribution >= 4 is 27.5 Å². The van der Waals surface area contributed by atoms with E-state index < -0.39 is 16.1 Å². The molecule has 0 bridgehead atoms. The number of rotatable bonds is 12. The highest BCUT2D eigenvalue weighted by molar-refractivity contribution is 7.92. The molecule has 1 N–H and O–H groups in total. The fourth-order valence-corrected chi connectivity index (χ4v) is 4.87. The Morgan fingerprint density at radius 1 is 1.00 bits per heavy atom. The number of amides is 2. The SMILES string of the molecule is Cc1cc(C)cc(N(CCCC(=O)N(Cc2ccc(F)cc2)C(C)C(=O)NCC(C)C)S(C)(=O)=O)c1. The minimum Gasteiger partial charge on any atom is -0.354 e. The van der Waals surface area contributed by atoms with Crippen molar-refractivity contribution in [3.05, 3.63) is 65.0 Å². The van der Waals surface area contributed by atoms with Gasteiger partial charge in [-0.05, 0) is 74.1 Å². The number of carbonyl (C=O) groups is 2. The first-order valence-electron chi connectivity index (χ1n) is 12.2. The lowest BCUT2D eigenvalue weighted by atomic mass is 10.1. The van der Waals surface area contributed by atoms with Crippen molar-refractivity contribution < 1.29 is 22.4 Å². The van der Waals surface area contributed by atoms with Gasteiger partial charge in [-0.1, -0.05) is 32.0 Å². The first kappa shape index (κ1) is 29.3. The van der Waals surface area contributed by atoms with Crippen LogP contribution in [0.2, 0.25) is 0 Å². The van der Waals surface area contributed by atoms with Gasteiger partial charge in [0.15, 0.2) is 0 Å². The number of nitrogens with one attached hydrogen (secondary N) is 1. The van der Waals surface area contributed by atoms with Gasteiger partial charge in [0.1, 0.15) is 11.9 Å². The van der Waals surface area contributed by atoms with E-state index in [9.17, 15) is 22.4 Å². The van der Waals surface area contributed by atoms with Crippen LogP contribution in [-0.2, 0) is 26.2 Å². The Hall–Kier alpha value is -2.94. The van der Waals surface area contributed by atoms with Crippen molar-refractivity contribution in [3.8, 4) is 0 Å². The zero-order valence-corrected chi connectivity index (χ0v) is 22.9. The van der Waals surface area contributed by atoms with E-state index in [1.165, 1.54) is 21.3 Å². The molecule has 0 spiro atoms. The van der Waals surface area contributed by atoms with Crippen LogP contribution in [0.1, 0.15) is 50.3 Å². The van der Waals surface area contributed by atoms with E-state index in [1.54, 1.807) is 31.2 Å². The molecule has 9 heteroatoms. The minimum absolute atomic E-state index is 0.0554. The number of sulfonamides is 1. The minimum atomic E-state index is -3.56. The summed E-state index contributed by atoms with van der Waals surface area (Å²) in [6.45, 7) is 10.2. The van der Waals surface area contributed by atoms with Crippen molar-refractivity contribution in [2.75, 3.05) is 23.7 Å². The van der Waals surface area contributed by atoms with Crippen LogP contribution in [0.15, 0.2) is 42.5 Å². The van der Waals surface area contributed by atoms with Crippen LogP contribution >= 0.6 is 0 Å². The van der Waals surface area contributed by atoms with Crippen molar-refractivity contribution in [2.24, 2.45) is 5.92 Å². The molecule has 1 atom stereocenters. The summed E-state index contributed by atoms with van der Waals surface area (Å²) in [6.07, 6.45) is 1.48. The topological polar surface area (TPSA) is 86.8 Å². The summed E-state index contributed by atoms with van der Waals surface area (Å²) in [6, 6.07) is 10.6. The Bertz CT molecular complexity index is 1130. The van der Waals surface area contributed by atoms with E-state index in [2.05, 4.69) is 5.32 Å². The van der Waals surface area contributed by atoms with E-state index in [4.69, 9.17) is 0 Å². The van der Waals surface area contributed by atoms with Crippen molar-refractivity contribution in [1.29, 1.82) is 0 Å². The molecule has 0 saturated heterocycles. The summed E-state index contributed by atoms with van der Waals surface area (Å²) in [5.41, 5.74) is 3.15. The maximum atomic E-state index is 13.4. The molecule has 0 aliphatic carbocycles. The summed E-state index contributed by atoms with van der Waals surface area (Å²) in [4.78, 5) is 27.5. The van der Waals surface area contributed by atoms with Gasteiger partial charge in [0, 0.05) is 26.1 Å². The number of carbonyl (C=O) groups excluding carboxylic acids is 2. The lowest BCUT2D eigenvalue weighted by molar-refractivity contribution is -0.140. The molecule has 0 aliphatic rings. The predicted octanol–water partition coefficient (Wildman–Crippen LogP) is 4.18. The van der Waals surface area contributed by atoms with Crippen LogP contribution in [0, 0.1) is 25.6 Å². The van der Waals surface area contributed by atoms with Crippen molar-refractivity contribution in [1.82, 2.24) is 10.2 Å². The van der Waals surface area contributed by atoms with Gasteiger partial charge >= 0.3 is 0 Å². The van der Waals surface area contributed by atoms with Gasteiger partial charge in [-0.25, -0.2) is 12.8 Å². The highest BCUT2D eigenvalue weighted by Crippen LogP contribution is 2.22. The largest absolute Gasteiger partial charge is 0.354 e. The zero-order chi connectivity index (χ0) is 27.0. The Balaban J connectivity index is 2.18. The standard InChI is InChI=1S/C27H38FN3O4S/c1-19(2)17-29-27(33)22(5)30(18-23-9-11-24(28)12-10-23)26(32)8-7-13-31(36(6,34)35)25-15-20(3)14-21(4)16-25/h9-12,14-16,19,22H,7-8,13,17-18H2,1-6H3,(H,29,33). The molecule has 0 saturated carbocycles. The molecule has 0 aromatic heterocycles. The summed E-state index contributed by atoms with van der Waals surface area (Å²) >= 11 is 0. The van der Waals surface area contributed by atoms with E-state index in [0.717, 1.165) is 17.4 Å².